The summed E-state index contributed by atoms with van der Waals surface area (Å²) in [6.07, 6.45) is 0.251. The van der Waals surface area contributed by atoms with Crippen molar-refractivity contribution in [3.8, 4) is 11.3 Å². The number of carbonyl (C=O) groups is 1. The highest BCUT2D eigenvalue weighted by atomic mass is 19.4. The molecule has 1 aliphatic rings. The van der Waals surface area contributed by atoms with Gasteiger partial charge in [0.1, 0.15) is 5.65 Å². The molecule has 4 rings (SSSR count). The van der Waals surface area contributed by atoms with Crippen molar-refractivity contribution in [2.45, 2.75) is 32.0 Å². The molecule has 9 nitrogen and oxygen atoms in total. The number of pyridine rings is 1. The lowest BCUT2D eigenvalue weighted by atomic mass is 9.90. The minimum atomic E-state index is -4.55. The zero-order chi connectivity index (χ0) is 24.5. The summed E-state index contributed by atoms with van der Waals surface area (Å²) in [5.74, 6) is 0.514. The van der Waals surface area contributed by atoms with Gasteiger partial charge < -0.3 is 19.9 Å². The Balaban J connectivity index is 1.59. The van der Waals surface area contributed by atoms with Gasteiger partial charge in [0.05, 0.1) is 24.9 Å². The van der Waals surface area contributed by atoms with Crippen LogP contribution in [0.15, 0.2) is 24.7 Å². The normalized spacial score (nSPS) is 15.7. The SMILES string of the molecule is [C-]#[N+]c1cnc(NC(C)C2CCN(C(=O)OC)CC2)nc1-c1c[nH]c2ncc(C(F)(F)F)cc12. The summed E-state index contributed by atoms with van der Waals surface area (Å²) in [7, 11) is 1.36. The van der Waals surface area contributed by atoms with Crippen molar-refractivity contribution in [2.24, 2.45) is 5.92 Å². The predicted octanol–water partition coefficient (Wildman–Crippen LogP) is 4.87. The average Bonchev–Trinajstić information content (AvgIpc) is 3.26. The number of rotatable bonds is 4. The first-order chi connectivity index (χ1) is 16.2. The van der Waals surface area contributed by atoms with Crippen molar-refractivity contribution in [1.82, 2.24) is 24.8 Å². The number of carbonyl (C=O) groups excluding carboxylic acids is 1. The number of fused-ring (bicyclic) bond motifs is 1. The van der Waals surface area contributed by atoms with Crippen LogP contribution in [-0.4, -0.2) is 57.2 Å². The van der Waals surface area contributed by atoms with Crippen LogP contribution in [-0.2, 0) is 10.9 Å². The van der Waals surface area contributed by atoms with E-state index in [9.17, 15) is 18.0 Å². The number of ether oxygens (including phenoxy) is 1. The Morgan fingerprint density at radius 2 is 2.06 bits per heavy atom. The first-order valence-electron chi connectivity index (χ1n) is 10.6. The molecule has 4 heterocycles. The third kappa shape index (κ3) is 4.59. The number of likely N-dealkylation sites (tertiary alicyclic amines) is 1. The molecule has 0 radical (unpaired) electrons. The largest absolute Gasteiger partial charge is 0.453 e. The van der Waals surface area contributed by atoms with Gasteiger partial charge in [-0.2, -0.15) is 13.2 Å². The van der Waals surface area contributed by atoms with Gasteiger partial charge in [-0.3, -0.25) is 0 Å². The molecule has 1 atom stereocenters. The molecule has 2 N–H and O–H groups in total. The summed E-state index contributed by atoms with van der Waals surface area (Å²) >= 11 is 0. The standard InChI is InChI=1S/C22H22F3N7O2/c1-12(13-4-6-32(7-5-13)21(33)34-3)30-20-29-11-17(26-2)18(31-20)16-10-28-19-15(16)8-14(9-27-19)22(23,24)25/h8-13H,4-7H2,1,3H3,(H,27,28)(H,29,30,31). The van der Waals surface area contributed by atoms with E-state index in [4.69, 9.17) is 11.3 Å². The molecule has 1 unspecified atom stereocenters. The van der Waals surface area contributed by atoms with Gasteiger partial charge >= 0.3 is 12.3 Å². The summed E-state index contributed by atoms with van der Waals surface area (Å²) in [4.78, 5) is 32.2. The fourth-order valence-electron chi connectivity index (χ4n) is 4.11. The van der Waals surface area contributed by atoms with Gasteiger partial charge in [-0.15, -0.1) is 0 Å². The van der Waals surface area contributed by atoms with Gasteiger partial charge in [0, 0.05) is 48.7 Å². The van der Waals surface area contributed by atoms with E-state index in [1.807, 2.05) is 6.92 Å². The second-order valence-electron chi connectivity index (χ2n) is 8.09. The van der Waals surface area contributed by atoms with Gasteiger partial charge in [-0.25, -0.2) is 24.6 Å². The van der Waals surface area contributed by atoms with Crippen LogP contribution in [0, 0.1) is 12.5 Å². The number of nitrogens with one attached hydrogen (secondary N) is 2. The third-order valence-electron chi connectivity index (χ3n) is 6.04. The second kappa shape index (κ2) is 9.17. The van der Waals surface area contributed by atoms with Crippen LogP contribution < -0.4 is 5.32 Å². The molecular formula is C22H22F3N7O2. The van der Waals surface area contributed by atoms with Crippen LogP contribution in [0.2, 0.25) is 0 Å². The van der Waals surface area contributed by atoms with Crippen LogP contribution in [0.1, 0.15) is 25.3 Å². The van der Waals surface area contributed by atoms with Gasteiger partial charge in [-0.1, -0.05) is 0 Å². The minimum absolute atomic E-state index is 0.0343. The fourth-order valence-corrected chi connectivity index (χ4v) is 4.11. The highest BCUT2D eigenvalue weighted by Gasteiger charge is 2.32. The van der Waals surface area contributed by atoms with Crippen LogP contribution in [0.3, 0.4) is 0 Å². The van der Waals surface area contributed by atoms with Crippen molar-refractivity contribution >= 4 is 28.8 Å². The second-order valence-corrected chi connectivity index (χ2v) is 8.09. The molecule has 0 aromatic carbocycles. The molecule has 3 aromatic rings. The number of aromatic amines is 1. The van der Waals surface area contributed by atoms with E-state index in [0.29, 0.717) is 18.7 Å². The maximum Gasteiger partial charge on any atom is 0.417 e. The highest BCUT2D eigenvalue weighted by Crippen LogP contribution is 2.37. The zero-order valence-electron chi connectivity index (χ0n) is 18.5. The first kappa shape index (κ1) is 23.3. The van der Waals surface area contributed by atoms with Gasteiger partial charge in [0.2, 0.25) is 11.6 Å². The minimum Gasteiger partial charge on any atom is -0.453 e. The van der Waals surface area contributed by atoms with Crippen LogP contribution >= 0.6 is 0 Å². The molecule has 0 spiro atoms. The molecule has 3 aromatic heterocycles. The van der Waals surface area contributed by atoms with Crippen molar-refractivity contribution in [2.75, 3.05) is 25.5 Å². The van der Waals surface area contributed by atoms with Crippen LogP contribution in [0.25, 0.3) is 27.1 Å². The van der Waals surface area contributed by atoms with E-state index in [2.05, 4.69) is 30.1 Å². The van der Waals surface area contributed by atoms with E-state index in [-0.39, 0.29) is 46.4 Å². The molecule has 1 fully saturated rings. The smallest absolute Gasteiger partial charge is 0.417 e. The number of halogens is 3. The first-order valence-corrected chi connectivity index (χ1v) is 10.6. The number of anilines is 1. The number of amides is 1. The molecule has 34 heavy (non-hydrogen) atoms. The van der Waals surface area contributed by atoms with Gasteiger partial charge in [0.25, 0.3) is 0 Å². The lowest BCUT2D eigenvalue weighted by Crippen LogP contribution is -2.42. The number of hydrogen-bond acceptors (Lipinski definition) is 6. The maximum absolute atomic E-state index is 13.2. The van der Waals surface area contributed by atoms with Crippen molar-refractivity contribution < 1.29 is 22.7 Å². The topological polar surface area (TPSA) is 100 Å². The summed E-state index contributed by atoms with van der Waals surface area (Å²) < 4.78 is 44.4. The molecule has 12 heteroatoms. The Morgan fingerprint density at radius 1 is 1.32 bits per heavy atom. The summed E-state index contributed by atoms with van der Waals surface area (Å²) in [6.45, 7) is 10.6. The zero-order valence-corrected chi connectivity index (χ0v) is 18.5. The van der Waals surface area contributed by atoms with Gasteiger partial charge in [0.15, 0.2) is 0 Å². The van der Waals surface area contributed by atoms with E-state index in [1.165, 1.54) is 19.5 Å². The molecular weight excluding hydrogens is 451 g/mol. The van der Waals surface area contributed by atoms with E-state index < -0.39 is 11.7 Å². The number of hydrogen-bond donors (Lipinski definition) is 2. The van der Waals surface area contributed by atoms with E-state index in [0.717, 1.165) is 25.1 Å². The summed E-state index contributed by atoms with van der Waals surface area (Å²) in [6, 6.07) is 0.961. The summed E-state index contributed by atoms with van der Waals surface area (Å²) in [5.41, 5.74) is 0.0434. The quantitative estimate of drug-likeness (QED) is 0.525. The highest BCUT2D eigenvalue weighted by molar-refractivity contribution is 5.96. The molecule has 178 valence electrons. The van der Waals surface area contributed by atoms with Crippen molar-refractivity contribution in [3.63, 3.8) is 0 Å². The lowest BCUT2D eigenvalue weighted by molar-refractivity contribution is -0.137. The number of nitrogens with zero attached hydrogens (tertiary/aromatic N) is 5. The van der Waals surface area contributed by atoms with Crippen LogP contribution in [0.5, 0.6) is 0 Å². The summed E-state index contributed by atoms with van der Waals surface area (Å²) in [5, 5.41) is 3.46. The maximum atomic E-state index is 13.2. The molecule has 0 aliphatic carbocycles. The predicted molar refractivity (Wildman–Crippen MR) is 118 cm³/mol. The Kier molecular flexibility index (Phi) is 6.28. The Bertz CT molecular complexity index is 1240. The fraction of sp³-hybridized carbons (Fsp3) is 0.409. The van der Waals surface area contributed by atoms with Crippen molar-refractivity contribution in [1.29, 1.82) is 0 Å². The van der Waals surface area contributed by atoms with E-state index >= 15 is 0 Å². The Hall–Kier alpha value is -3.88. The Morgan fingerprint density at radius 3 is 2.71 bits per heavy atom. The van der Waals surface area contributed by atoms with Gasteiger partial charge in [-0.05, 0) is 31.7 Å². The number of H-pyrrole nitrogens is 1. The average molecular weight is 473 g/mol. The third-order valence-corrected chi connectivity index (χ3v) is 6.04. The molecule has 1 amide bonds. The monoisotopic (exact) mass is 473 g/mol. The number of piperidine rings is 1. The van der Waals surface area contributed by atoms with Crippen LogP contribution in [0.4, 0.5) is 29.6 Å². The number of alkyl halides is 3. The molecule has 1 aliphatic heterocycles. The molecule has 0 saturated carbocycles. The van der Waals surface area contributed by atoms with Crippen molar-refractivity contribution in [3.05, 3.63) is 41.6 Å². The Labute approximate surface area is 193 Å². The molecule has 0 bridgehead atoms. The lowest BCUT2D eigenvalue weighted by Gasteiger charge is -2.34. The molecule has 1 saturated heterocycles. The number of methoxy groups -OCH3 is 1. The number of aromatic nitrogens is 4. The van der Waals surface area contributed by atoms with E-state index in [1.54, 1.807) is 4.90 Å².